The molecule has 23 heavy (non-hydrogen) atoms. The molecule has 2 heterocycles. The number of amides is 1. The van der Waals surface area contributed by atoms with E-state index in [1.54, 1.807) is 0 Å². The van der Waals surface area contributed by atoms with Crippen molar-refractivity contribution in [1.29, 1.82) is 0 Å². The van der Waals surface area contributed by atoms with Gasteiger partial charge in [-0.3, -0.25) is 9.78 Å². The Bertz CT molecular complexity index is 769. The summed E-state index contributed by atoms with van der Waals surface area (Å²) in [5.74, 6) is -0.0826. The number of nitrogens with one attached hydrogen (secondary N) is 1. The van der Waals surface area contributed by atoms with Crippen molar-refractivity contribution in [1.82, 2.24) is 10.3 Å². The van der Waals surface area contributed by atoms with Crippen LogP contribution in [0.4, 0.5) is 0 Å². The zero-order valence-corrected chi connectivity index (χ0v) is 13.7. The molecule has 1 aliphatic carbocycles. The predicted molar refractivity (Wildman–Crippen MR) is 90.1 cm³/mol. The molecule has 0 spiro atoms. The lowest BCUT2D eigenvalue weighted by atomic mass is 10.1. The van der Waals surface area contributed by atoms with Gasteiger partial charge in [0, 0.05) is 29.8 Å². The molecule has 4 rings (SSSR count). The second-order valence-corrected chi connectivity index (χ2v) is 6.66. The van der Waals surface area contributed by atoms with Crippen LogP contribution in [0.2, 0.25) is 5.02 Å². The van der Waals surface area contributed by atoms with Gasteiger partial charge < -0.3 is 10.1 Å². The molecule has 1 unspecified atom stereocenters. The Balaban J connectivity index is 1.58. The van der Waals surface area contributed by atoms with Crippen molar-refractivity contribution in [2.45, 2.75) is 38.2 Å². The van der Waals surface area contributed by atoms with Crippen molar-refractivity contribution < 1.29 is 9.53 Å². The smallest absolute Gasteiger partial charge is 0.251 e. The highest BCUT2D eigenvalue weighted by molar-refractivity contribution is 6.36. The number of halogens is 1. The lowest BCUT2D eigenvalue weighted by molar-refractivity contribution is 0.0858. The summed E-state index contributed by atoms with van der Waals surface area (Å²) in [5, 5.41) is 4.68. The van der Waals surface area contributed by atoms with Gasteiger partial charge in [0.1, 0.15) is 0 Å². The Morgan fingerprint density at radius 3 is 3.09 bits per heavy atom. The van der Waals surface area contributed by atoms with Crippen LogP contribution in [-0.2, 0) is 17.6 Å². The third-order valence-corrected chi connectivity index (χ3v) is 5.15. The second kappa shape index (κ2) is 6.10. The summed E-state index contributed by atoms with van der Waals surface area (Å²) in [6, 6.07) is 5.57. The Labute approximate surface area is 140 Å². The quantitative estimate of drug-likeness (QED) is 0.939. The molecular weight excluding hydrogens is 312 g/mol. The van der Waals surface area contributed by atoms with Gasteiger partial charge in [0.2, 0.25) is 0 Å². The maximum atomic E-state index is 12.3. The average molecular weight is 331 g/mol. The first kappa shape index (κ1) is 14.9. The largest absolute Gasteiger partial charge is 0.376 e. The fourth-order valence-electron chi connectivity index (χ4n) is 3.46. The van der Waals surface area contributed by atoms with Gasteiger partial charge in [0.05, 0.1) is 16.6 Å². The molecule has 120 valence electrons. The molecule has 2 aliphatic rings. The van der Waals surface area contributed by atoms with Crippen molar-refractivity contribution in [2.75, 3.05) is 13.2 Å². The summed E-state index contributed by atoms with van der Waals surface area (Å²) in [6.45, 7) is 1.36. The molecule has 1 aliphatic heterocycles. The monoisotopic (exact) mass is 330 g/mol. The maximum Gasteiger partial charge on any atom is 0.251 e. The fraction of sp³-hybridized carbons (Fsp3) is 0.444. The number of hydrogen-bond acceptors (Lipinski definition) is 3. The second-order valence-electron chi connectivity index (χ2n) is 6.28. The molecule has 4 nitrogen and oxygen atoms in total. The highest BCUT2D eigenvalue weighted by Crippen LogP contribution is 2.33. The summed E-state index contributed by atoms with van der Waals surface area (Å²) in [4.78, 5) is 17.0. The van der Waals surface area contributed by atoms with Crippen LogP contribution in [0.25, 0.3) is 10.9 Å². The van der Waals surface area contributed by atoms with Crippen LogP contribution >= 0.6 is 11.6 Å². The number of nitrogens with zero attached hydrogens (tertiary/aromatic N) is 1. The lowest BCUT2D eigenvalue weighted by Gasteiger charge is -2.12. The van der Waals surface area contributed by atoms with Gasteiger partial charge in [0.25, 0.3) is 5.91 Å². The molecule has 1 amide bonds. The molecule has 1 N–H and O–H groups in total. The third kappa shape index (κ3) is 2.81. The maximum absolute atomic E-state index is 12.3. The lowest BCUT2D eigenvalue weighted by Crippen LogP contribution is -2.31. The van der Waals surface area contributed by atoms with Crippen LogP contribution in [0.3, 0.4) is 0 Å². The Kier molecular flexibility index (Phi) is 3.95. The van der Waals surface area contributed by atoms with Gasteiger partial charge in [-0.25, -0.2) is 0 Å². The number of carbonyl (C=O) groups excluding carboxylic acids is 1. The molecule has 0 bridgehead atoms. The topological polar surface area (TPSA) is 51.2 Å². The van der Waals surface area contributed by atoms with E-state index in [2.05, 4.69) is 5.32 Å². The Morgan fingerprint density at radius 1 is 1.35 bits per heavy atom. The number of rotatable bonds is 3. The summed E-state index contributed by atoms with van der Waals surface area (Å²) >= 11 is 6.51. The van der Waals surface area contributed by atoms with Crippen molar-refractivity contribution in [2.24, 2.45) is 0 Å². The molecule has 1 saturated heterocycles. The van der Waals surface area contributed by atoms with E-state index in [4.69, 9.17) is 21.3 Å². The summed E-state index contributed by atoms with van der Waals surface area (Å²) in [5.41, 5.74) is 3.69. The van der Waals surface area contributed by atoms with Gasteiger partial charge in [-0.15, -0.1) is 0 Å². The van der Waals surface area contributed by atoms with Crippen LogP contribution in [0.15, 0.2) is 18.2 Å². The normalized spacial score (nSPS) is 20.0. The number of pyridine rings is 1. The Morgan fingerprint density at radius 2 is 2.26 bits per heavy atom. The van der Waals surface area contributed by atoms with E-state index in [0.717, 1.165) is 60.3 Å². The van der Waals surface area contributed by atoms with Crippen molar-refractivity contribution in [3.8, 4) is 0 Å². The van der Waals surface area contributed by atoms with Crippen LogP contribution in [0.5, 0.6) is 0 Å². The first-order chi connectivity index (χ1) is 11.2. The van der Waals surface area contributed by atoms with E-state index in [-0.39, 0.29) is 12.0 Å². The van der Waals surface area contributed by atoms with E-state index < -0.39 is 0 Å². The molecule has 1 aromatic heterocycles. The molecule has 1 fully saturated rings. The number of hydrogen-bond donors (Lipinski definition) is 1. The number of carbonyl (C=O) groups is 1. The van der Waals surface area contributed by atoms with E-state index in [1.807, 2.05) is 18.2 Å². The number of ether oxygens (including phenoxy) is 1. The van der Waals surface area contributed by atoms with E-state index in [9.17, 15) is 4.79 Å². The number of aromatic nitrogens is 1. The Hall–Kier alpha value is -1.65. The first-order valence-electron chi connectivity index (χ1n) is 8.23. The fourth-order valence-corrected chi connectivity index (χ4v) is 3.82. The van der Waals surface area contributed by atoms with Crippen LogP contribution in [0.1, 0.15) is 40.9 Å². The molecule has 1 atom stereocenters. The van der Waals surface area contributed by atoms with Gasteiger partial charge in [-0.1, -0.05) is 17.7 Å². The highest BCUT2D eigenvalue weighted by Gasteiger charge is 2.20. The SMILES string of the molecule is O=C(NCC1CCCO1)c1ccc2c(Cl)c3c(nc2c1)CCC3. The number of aryl methyl sites for hydroxylation is 1. The molecule has 1 aromatic carbocycles. The summed E-state index contributed by atoms with van der Waals surface area (Å²) < 4.78 is 5.53. The minimum atomic E-state index is -0.0826. The number of fused-ring (bicyclic) bond motifs is 2. The summed E-state index contributed by atoms with van der Waals surface area (Å²) in [7, 11) is 0. The van der Waals surface area contributed by atoms with Gasteiger partial charge in [0.15, 0.2) is 0 Å². The van der Waals surface area contributed by atoms with Crippen LogP contribution < -0.4 is 5.32 Å². The zero-order valence-electron chi connectivity index (χ0n) is 12.9. The highest BCUT2D eigenvalue weighted by atomic mass is 35.5. The first-order valence-corrected chi connectivity index (χ1v) is 8.61. The molecule has 2 aromatic rings. The molecule has 0 radical (unpaired) electrons. The standard InChI is InChI=1S/C18H19ClN2O2/c19-17-13-4-1-5-15(13)21-16-9-11(6-7-14(16)17)18(22)20-10-12-3-2-8-23-12/h6-7,9,12H,1-5,8,10H2,(H,20,22). The molecule has 5 heteroatoms. The minimum absolute atomic E-state index is 0.0826. The number of benzene rings is 1. The average Bonchev–Trinajstić information content (AvgIpc) is 3.23. The van der Waals surface area contributed by atoms with E-state index in [1.165, 1.54) is 5.56 Å². The minimum Gasteiger partial charge on any atom is -0.376 e. The summed E-state index contributed by atoms with van der Waals surface area (Å²) in [6.07, 6.45) is 5.31. The van der Waals surface area contributed by atoms with Crippen molar-refractivity contribution in [3.05, 3.63) is 40.0 Å². The van der Waals surface area contributed by atoms with Crippen LogP contribution in [0, 0.1) is 0 Å². The molecular formula is C18H19ClN2O2. The van der Waals surface area contributed by atoms with Gasteiger partial charge >= 0.3 is 0 Å². The predicted octanol–water partition coefficient (Wildman–Crippen LogP) is 3.29. The van der Waals surface area contributed by atoms with Crippen LogP contribution in [-0.4, -0.2) is 30.1 Å². The zero-order chi connectivity index (χ0) is 15.8. The molecule has 0 saturated carbocycles. The van der Waals surface area contributed by atoms with Gasteiger partial charge in [-0.05, 0) is 49.8 Å². The van der Waals surface area contributed by atoms with Crippen molar-refractivity contribution >= 4 is 28.4 Å². The van der Waals surface area contributed by atoms with E-state index >= 15 is 0 Å². The van der Waals surface area contributed by atoms with Crippen molar-refractivity contribution in [3.63, 3.8) is 0 Å². The van der Waals surface area contributed by atoms with E-state index in [0.29, 0.717) is 12.1 Å². The third-order valence-electron chi connectivity index (χ3n) is 4.72. The van der Waals surface area contributed by atoms with Gasteiger partial charge in [-0.2, -0.15) is 0 Å².